The van der Waals surface area contributed by atoms with Crippen molar-refractivity contribution in [2.45, 2.75) is 24.0 Å². The Morgan fingerprint density at radius 2 is 2.13 bits per heavy atom. The van der Waals surface area contributed by atoms with Crippen LogP contribution in [-0.2, 0) is 0 Å². The van der Waals surface area contributed by atoms with Crippen molar-refractivity contribution >= 4 is 23.7 Å². The molecule has 0 saturated heterocycles. The van der Waals surface area contributed by atoms with Crippen molar-refractivity contribution < 1.29 is 9.72 Å². The number of hydrogen-bond donors (Lipinski definition) is 0. The van der Waals surface area contributed by atoms with Gasteiger partial charge >= 0.3 is 0 Å². The minimum Gasteiger partial charge on any atom is -0.298 e. The number of carbonyl (C=O) groups is 1. The Labute approximate surface area is 91.8 Å². The van der Waals surface area contributed by atoms with Crippen LogP contribution >= 0.6 is 11.8 Å². The highest BCUT2D eigenvalue weighted by molar-refractivity contribution is 8.00. The molecule has 5 heteroatoms. The molecule has 0 fully saturated rings. The van der Waals surface area contributed by atoms with Crippen LogP contribution in [-0.4, -0.2) is 16.5 Å². The topological polar surface area (TPSA) is 60.2 Å². The summed E-state index contributed by atoms with van der Waals surface area (Å²) in [7, 11) is 0. The molecular formula is C10H11NO3S. The molecule has 0 saturated carbocycles. The minimum atomic E-state index is -0.461. The van der Waals surface area contributed by atoms with E-state index < -0.39 is 4.92 Å². The molecule has 0 amide bonds. The van der Waals surface area contributed by atoms with Gasteiger partial charge in [-0.25, -0.2) is 0 Å². The summed E-state index contributed by atoms with van der Waals surface area (Å²) in [6.45, 7) is 3.92. The molecule has 4 nitrogen and oxygen atoms in total. The van der Waals surface area contributed by atoms with Gasteiger partial charge in [0.1, 0.15) is 6.29 Å². The van der Waals surface area contributed by atoms with Crippen molar-refractivity contribution in [2.24, 2.45) is 0 Å². The van der Waals surface area contributed by atoms with Crippen LogP contribution in [0.1, 0.15) is 24.2 Å². The van der Waals surface area contributed by atoms with Crippen molar-refractivity contribution in [3.05, 3.63) is 33.9 Å². The van der Waals surface area contributed by atoms with Gasteiger partial charge in [-0.1, -0.05) is 19.9 Å². The Morgan fingerprint density at radius 3 is 2.60 bits per heavy atom. The van der Waals surface area contributed by atoms with E-state index in [2.05, 4.69) is 0 Å². The summed E-state index contributed by atoms with van der Waals surface area (Å²) < 4.78 is 0. The summed E-state index contributed by atoms with van der Waals surface area (Å²) in [5.41, 5.74) is 0.327. The minimum absolute atomic E-state index is 0.00157. The zero-order valence-corrected chi connectivity index (χ0v) is 9.28. The highest BCUT2D eigenvalue weighted by Crippen LogP contribution is 2.32. The molecule has 0 aliphatic carbocycles. The summed E-state index contributed by atoms with van der Waals surface area (Å²) in [5.74, 6) is 0. The molecule has 0 heterocycles. The molecule has 0 radical (unpaired) electrons. The third kappa shape index (κ3) is 3.06. The summed E-state index contributed by atoms with van der Waals surface area (Å²) in [6.07, 6.45) is 0.608. The molecule has 0 aliphatic rings. The maximum absolute atomic E-state index is 10.7. The molecule has 1 aromatic rings. The highest BCUT2D eigenvalue weighted by Gasteiger charge is 2.15. The Hall–Kier alpha value is -1.36. The molecule has 0 bridgehead atoms. The number of hydrogen-bond acceptors (Lipinski definition) is 4. The largest absolute Gasteiger partial charge is 0.298 e. The fraction of sp³-hybridized carbons (Fsp3) is 0.300. The second-order valence-corrected chi connectivity index (χ2v) is 4.89. The first-order valence-corrected chi connectivity index (χ1v) is 5.33. The molecule has 80 valence electrons. The van der Waals surface area contributed by atoms with Gasteiger partial charge in [0.05, 0.1) is 9.82 Å². The van der Waals surface area contributed by atoms with Gasteiger partial charge < -0.3 is 0 Å². The summed E-state index contributed by atoms with van der Waals surface area (Å²) in [6, 6.07) is 4.51. The molecule has 0 unspecified atom stereocenters. The highest BCUT2D eigenvalue weighted by atomic mass is 32.2. The Kier molecular flexibility index (Phi) is 3.85. The van der Waals surface area contributed by atoms with Crippen molar-refractivity contribution in [1.29, 1.82) is 0 Å². The average molecular weight is 225 g/mol. The molecule has 0 spiro atoms. The van der Waals surface area contributed by atoms with Gasteiger partial charge in [0.2, 0.25) is 0 Å². The van der Waals surface area contributed by atoms with Gasteiger partial charge in [-0.2, -0.15) is 0 Å². The fourth-order valence-corrected chi connectivity index (χ4v) is 2.01. The zero-order chi connectivity index (χ0) is 11.4. The van der Waals surface area contributed by atoms with E-state index >= 15 is 0 Å². The van der Waals surface area contributed by atoms with Gasteiger partial charge in [-0.3, -0.25) is 14.9 Å². The lowest BCUT2D eigenvalue weighted by atomic mass is 10.2. The van der Waals surface area contributed by atoms with Gasteiger partial charge in [0.15, 0.2) is 0 Å². The number of carbonyl (C=O) groups excluding carboxylic acids is 1. The number of rotatable bonds is 4. The van der Waals surface area contributed by atoms with E-state index in [1.165, 1.54) is 17.8 Å². The standard InChI is InChI=1S/C10H11NO3S/c1-7(2)15-10-4-3-8(6-12)5-9(10)11(13)14/h3-7H,1-2H3. The number of nitro benzene ring substituents is 1. The predicted octanol–water partition coefficient (Wildman–Crippen LogP) is 2.91. The molecule has 0 aliphatic heterocycles. The molecule has 1 aromatic carbocycles. The Bertz CT molecular complexity index is 390. The van der Waals surface area contributed by atoms with Crippen molar-refractivity contribution in [2.75, 3.05) is 0 Å². The Morgan fingerprint density at radius 1 is 1.47 bits per heavy atom. The normalized spacial score (nSPS) is 10.3. The van der Waals surface area contributed by atoms with Gasteiger partial charge in [-0.15, -0.1) is 11.8 Å². The van der Waals surface area contributed by atoms with Crippen LogP contribution in [0, 0.1) is 10.1 Å². The van der Waals surface area contributed by atoms with Crippen LogP contribution in [0.4, 0.5) is 5.69 Å². The number of nitro groups is 1. The summed E-state index contributed by atoms with van der Waals surface area (Å²) in [5, 5.41) is 11.0. The number of nitrogens with zero attached hydrogens (tertiary/aromatic N) is 1. The second kappa shape index (κ2) is 4.93. The molecule has 0 aromatic heterocycles. The van der Waals surface area contributed by atoms with E-state index in [4.69, 9.17) is 0 Å². The van der Waals surface area contributed by atoms with E-state index in [0.29, 0.717) is 16.7 Å². The molecule has 1 rings (SSSR count). The third-order valence-electron chi connectivity index (χ3n) is 1.68. The zero-order valence-electron chi connectivity index (χ0n) is 8.47. The first-order valence-electron chi connectivity index (χ1n) is 4.45. The van der Waals surface area contributed by atoms with Crippen LogP contribution in [0.25, 0.3) is 0 Å². The van der Waals surface area contributed by atoms with E-state index in [0.717, 1.165) is 0 Å². The lowest BCUT2D eigenvalue weighted by molar-refractivity contribution is -0.387. The fourth-order valence-electron chi connectivity index (χ4n) is 1.10. The first kappa shape index (κ1) is 11.7. The first-order chi connectivity index (χ1) is 7.04. The third-order valence-corrected chi connectivity index (χ3v) is 2.75. The van der Waals surface area contributed by atoms with E-state index in [1.807, 2.05) is 13.8 Å². The lowest BCUT2D eigenvalue weighted by Gasteiger charge is -2.05. The van der Waals surface area contributed by atoms with Crippen molar-refractivity contribution in [3.63, 3.8) is 0 Å². The predicted molar refractivity (Wildman–Crippen MR) is 59.5 cm³/mol. The van der Waals surface area contributed by atoms with Gasteiger partial charge in [0.25, 0.3) is 5.69 Å². The maximum atomic E-state index is 10.7. The van der Waals surface area contributed by atoms with Crippen LogP contribution in [0.15, 0.2) is 23.1 Å². The second-order valence-electron chi connectivity index (χ2n) is 3.27. The smallest absolute Gasteiger partial charge is 0.283 e. The number of benzene rings is 1. The maximum Gasteiger partial charge on any atom is 0.283 e. The average Bonchev–Trinajstić information content (AvgIpc) is 2.17. The van der Waals surface area contributed by atoms with Crippen LogP contribution in [0.2, 0.25) is 0 Å². The van der Waals surface area contributed by atoms with Gasteiger partial charge in [-0.05, 0) is 6.07 Å². The molecular weight excluding hydrogens is 214 g/mol. The summed E-state index contributed by atoms with van der Waals surface area (Å²) >= 11 is 1.41. The molecule has 0 atom stereocenters. The quantitative estimate of drug-likeness (QED) is 0.342. The molecule has 15 heavy (non-hydrogen) atoms. The van der Waals surface area contributed by atoms with E-state index in [9.17, 15) is 14.9 Å². The molecule has 0 N–H and O–H groups in total. The van der Waals surface area contributed by atoms with Gasteiger partial charge in [0, 0.05) is 16.9 Å². The lowest BCUT2D eigenvalue weighted by Crippen LogP contribution is -1.95. The van der Waals surface area contributed by atoms with Crippen LogP contribution < -0.4 is 0 Å². The van der Waals surface area contributed by atoms with Crippen LogP contribution in [0.3, 0.4) is 0 Å². The monoisotopic (exact) mass is 225 g/mol. The van der Waals surface area contributed by atoms with Crippen molar-refractivity contribution in [1.82, 2.24) is 0 Å². The van der Waals surface area contributed by atoms with Crippen LogP contribution in [0.5, 0.6) is 0 Å². The van der Waals surface area contributed by atoms with E-state index in [-0.39, 0.29) is 10.9 Å². The summed E-state index contributed by atoms with van der Waals surface area (Å²) in [4.78, 5) is 21.4. The van der Waals surface area contributed by atoms with E-state index in [1.54, 1.807) is 12.1 Å². The number of aldehydes is 1. The number of thioether (sulfide) groups is 1. The van der Waals surface area contributed by atoms with Crippen molar-refractivity contribution in [3.8, 4) is 0 Å². The Balaban J connectivity index is 3.14. The SMILES string of the molecule is CC(C)Sc1ccc(C=O)cc1[N+](=O)[O-].